The first kappa shape index (κ1) is 13.6. The van der Waals surface area contributed by atoms with Crippen molar-refractivity contribution in [3.63, 3.8) is 0 Å². The van der Waals surface area contributed by atoms with Crippen molar-refractivity contribution in [2.24, 2.45) is 4.99 Å². The van der Waals surface area contributed by atoms with Crippen LogP contribution in [-0.2, 0) is 0 Å². The van der Waals surface area contributed by atoms with Gasteiger partial charge in [-0.1, -0.05) is 30.3 Å². The molecular weight excluding hydrogens is 296 g/mol. The number of aliphatic imine (C=N–C) groups is 1. The summed E-state index contributed by atoms with van der Waals surface area (Å²) in [4.78, 5) is 14.9. The van der Waals surface area contributed by atoms with Gasteiger partial charge in [0.05, 0.1) is 12.1 Å². The molecule has 3 heterocycles. The lowest BCUT2D eigenvalue weighted by molar-refractivity contribution is -0.401. The van der Waals surface area contributed by atoms with Crippen LogP contribution in [0.4, 0.5) is 11.8 Å². The molecule has 0 amide bonds. The average molecular weight is 310 g/mol. The molecular formula is C16H14N4O3. The van der Waals surface area contributed by atoms with Crippen LogP contribution >= 0.6 is 0 Å². The fourth-order valence-corrected chi connectivity index (χ4v) is 3.05. The maximum absolute atomic E-state index is 10.9. The lowest BCUT2D eigenvalue weighted by atomic mass is 10.0. The van der Waals surface area contributed by atoms with Crippen molar-refractivity contribution in [1.29, 1.82) is 0 Å². The molecule has 7 heteroatoms. The molecule has 4 rings (SSSR count). The van der Waals surface area contributed by atoms with Gasteiger partial charge in [-0.05, 0) is 11.6 Å². The van der Waals surface area contributed by atoms with E-state index in [1.165, 1.54) is 6.07 Å². The molecule has 2 unspecified atom stereocenters. The fourth-order valence-electron chi connectivity index (χ4n) is 3.05. The highest BCUT2D eigenvalue weighted by atomic mass is 16.6. The molecule has 0 spiro atoms. The van der Waals surface area contributed by atoms with Gasteiger partial charge in [-0.15, -0.1) is 0 Å². The summed E-state index contributed by atoms with van der Waals surface area (Å²) in [5, 5.41) is 14.8. The number of rotatable bonds is 3. The standard InChI is InChI=1S/C16H14N4O3/c21-20(22)16-8-7-15(23-16)19-13(12-5-2-1-3-6-12)11-14-17-9-4-10-18(14)19/h1-10,13-14H,11H2. The number of hydrogen-bond donors (Lipinski definition) is 0. The molecule has 2 aliphatic rings. The van der Waals surface area contributed by atoms with Gasteiger partial charge in [0.15, 0.2) is 0 Å². The Morgan fingerprint density at radius 2 is 2.04 bits per heavy atom. The molecule has 0 N–H and O–H groups in total. The van der Waals surface area contributed by atoms with Gasteiger partial charge in [0.2, 0.25) is 5.88 Å². The smallest absolute Gasteiger partial charge is 0.383 e. The second-order valence-corrected chi connectivity index (χ2v) is 5.38. The van der Waals surface area contributed by atoms with Gasteiger partial charge in [-0.2, -0.15) is 0 Å². The van der Waals surface area contributed by atoms with E-state index in [1.54, 1.807) is 12.3 Å². The number of furan rings is 1. The van der Waals surface area contributed by atoms with Crippen molar-refractivity contribution in [3.8, 4) is 0 Å². The number of hydrazine groups is 1. The van der Waals surface area contributed by atoms with E-state index in [9.17, 15) is 10.1 Å². The van der Waals surface area contributed by atoms with Crippen molar-refractivity contribution in [3.05, 3.63) is 70.4 Å². The molecule has 23 heavy (non-hydrogen) atoms. The summed E-state index contributed by atoms with van der Waals surface area (Å²) >= 11 is 0. The van der Waals surface area contributed by atoms with Crippen LogP contribution in [0.25, 0.3) is 0 Å². The maximum atomic E-state index is 10.9. The number of fused-ring (bicyclic) bond motifs is 1. The van der Waals surface area contributed by atoms with E-state index in [2.05, 4.69) is 4.99 Å². The minimum atomic E-state index is -0.529. The summed E-state index contributed by atoms with van der Waals surface area (Å²) in [6.45, 7) is 0. The highest BCUT2D eigenvalue weighted by Crippen LogP contribution is 2.42. The third kappa shape index (κ3) is 2.26. The second-order valence-electron chi connectivity index (χ2n) is 5.38. The Kier molecular flexibility index (Phi) is 3.11. The quantitative estimate of drug-likeness (QED) is 0.642. The van der Waals surface area contributed by atoms with Crippen molar-refractivity contribution >= 4 is 18.0 Å². The maximum Gasteiger partial charge on any atom is 0.434 e. The third-order valence-electron chi connectivity index (χ3n) is 4.03. The van der Waals surface area contributed by atoms with Crippen LogP contribution in [0.3, 0.4) is 0 Å². The van der Waals surface area contributed by atoms with Crippen molar-refractivity contribution in [1.82, 2.24) is 5.01 Å². The zero-order valence-corrected chi connectivity index (χ0v) is 12.1. The molecule has 2 aliphatic heterocycles. The molecule has 7 nitrogen and oxygen atoms in total. The predicted molar refractivity (Wildman–Crippen MR) is 84.9 cm³/mol. The monoisotopic (exact) mass is 310 g/mol. The van der Waals surface area contributed by atoms with Crippen molar-refractivity contribution < 1.29 is 9.34 Å². The molecule has 1 aromatic heterocycles. The van der Waals surface area contributed by atoms with E-state index in [0.29, 0.717) is 5.88 Å². The van der Waals surface area contributed by atoms with Gasteiger partial charge >= 0.3 is 5.88 Å². The van der Waals surface area contributed by atoms with Gasteiger partial charge in [0, 0.05) is 24.9 Å². The Morgan fingerprint density at radius 3 is 2.78 bits per heavy atom. The number of nitrogens with zero attached hydrogens (tertiary/aromatic N) is 4. The Morgan fingerprint density at radius 1 is 1.22 bits per heavy atom. The van der Waals surface area contributed by atoms with Gasteiger partial charge in [0.25, 0.3) is 0 Å². The normalized spacial score (nSPS) is 22.4. The second kappa shape index (κ2) is 5.28. The lowest BCUT2D eigenvalue weighted by Crippen LogP contribution is -2.38. The molecule has 0 radical (unpaired) electrons. The SMILES string of the molecule is O=[N+]([O-])c1ccc(N2C(c3ccccc3)CC3N=CC=CN32)o1. The van der Waals surface area contributed by atoms with Crippen molar-refractivity contribution in [2.75, 3.05) is 5.01 Å². The van der Waals surface area contributed by atoms with Crippen LogP contribution in [-0.4, -0.2) is 22.3 Å². The Labute approximate surface area is 132 Å². The van der Waals surface area contributed by atoms with Crippen LogP contribution in [0.15, 0.2) is 64.2 Å². The Bertz CT molecular complexity index is 784. The number of hydrogen-bond acceptors (Lipinski definition) is 6. The van der Waals surface area contributed by atoms with Gasteiger partial charge in [-0.3, -0.25) is 20.1 Å². The van der Waals surface area contributed by atoms with E-state index in [-0.39, 0.29) is 18.1 Å². The summed E-state index contributed by atoms with van der Waals surface area (Å²) in [7, 11) is 0. The van der Waals surface area contributed by atoms with Gasteiger partial charge < -0.3 is 4.42 Å². The van der Waals surface area contributed by atoms with Crippen LogP contribution in [0.2, 0.25) is 0 Å². The third-order valence-corrected chi connectivity index (χ3v) is 4.03. The molecule has 0 saturated carbocycles. The topological polar surface area (TPSA) is 75.1 Å². The summed E-state index contributed by atoms with van der Waals surface area (Å²) in [6.07, 6.45) is 6.27. The average Bonchev–Trinajstić information content (AvgIpc) is 3.20. The predicted octanol–water partition coefficient (Wildman–Crippen LogP) is 3.28. The Balaban J connectivity index is 1.76. The first-order valence-electron chi connectivity index (χ1n) is 7.30. The Hall–Kier alpha value is -3.09. The van der Waals surface area contributed by atoms with E-state index in [1.807, 2.05) is 52.6 Å². The van der Waals surface area contributed by atoms with Crippen LogP contribution in [0.5, 0.6) is 0 Å². The number of anilines is 1. The van der Waals surface area contributed by atoms with E-state index in [4.69, 9.17) is 4.42 Å². The molecule has 2 atom stereocenters. The lowest BCUT2D eigenvalue weighted by Gasteiger charge is -2.32. The zero-order chi connectivity index (χ0) is 15.8. The van der Waals surface area contributed by atoms with Crippen molar-refractivity contribution in [2.45, 2.75) is 18.6 Å². The minimum Gasteiger partial charge on any atom is -0.383 e. The number of allylic oxidation sites excluding steroid dienone is 1. The molecule has 2 aromatic rings. The molecule has 1 saturated heterocycles. The van der Waals surface area contributed by atoms with E-state index < -0.39 is 4.92 Å². The molecule has 0 bridgehead atoms. The van der Waals surface area contributed by atoms with Crippen LogP contribution < -0.4 is 5.01 Å². The molecule has 1 fully saturated rings. The molecule has 116 valence electrons. The zero-order valence-electron chi connectivity index (χ0n) is 12.1. The summed E-state index contributed by atoms with van der Waals surface area (Å²) in [6, 6.07) is 13.0. The van der Waals surface area contributed by atoms with Gasteiger partial charge in [-0.25, -0.2) is 5.01 Å². The summed E-state index contributed by atoms with van der Waals surface area (Å²) < 4.78 is 5.43. The first-order chi connectivity index (χ1) is 11.2. The highest BCUT2D eigenvalue weighted by Gasteiger charge is 2.41. The highest BCUT2D eigenvalue weighted by molar-refractivity contribution is 5.72. The van der Waals surface area contributed by atoms with Crippen LogP contribution in [0, 0.1) is 10.1 Å². The van der Waals surface area contributed by atoms with E-state index in [0.717, 1.165) is 12.0 Å². The van der Waals surface area contributed by atoms with Gasteiger partial charge in [0.1, 0.15) is 11.1 Å². The largest absolute Gasteiger partial charge is 0.434 e. The van der Waals surface area contributed by atoms with E-state index >= 15 is 0 Å². The molecule has 1 aromatic carbocycles. The summed E-state index contributed by atoms with van der Waals surface area (Å²) in [5.41, 5.74) is 1.12. The minimum absolute atomic E-state index is 0.00635. The van der Waals surface area contributed by atoms with Crippen LogP contribution in [0.1, 0.15) is 18.0 Å². The number of benzene rings is 1. The number of nitro groups is 1. The fraction of sp³-hybridized carbons (Fsp3) is 0.188. The summed E-state index contributed by atoms with van der Waals surface area (Å²) in [5.74, 6) is 0.176. The molecule has 0 aliphatic carbocycles. The first-order valence-corrected chi connectivity index (χ1v) is 7.30.